The zero-order valence-corrected chi connectivity index (χ0v) is 26.0. The first-order chi connectivity index (χ1) is 23.9. The molecule has 0 fully saturated rings. The lowest BCUT2D eigenvalue weighted by Crippen LogP contribution is -2.09. The highest BCUT2D eigenvalue weighted by atomic mass is 16.1. The van der Waals surface area contributed by atoms with Crippen LogP contribution in [0.25, 0.3) is 33.4 Å². The van der Waals surface area contributed by atoms with Gasteiger partial charge in [0.25, 0.3) is 0 Å². The fourth-order valence-electron chi connectivity index (χ4n) is 5.79. The van der Waals surface area contributed by atoms with Gasteiger partial charge in [-0.25, -0.2) is 0 Å². The van der Waals surface area contributed by atoms with Crippen LogP contribution in [-0.2, 0) is 0 Å². The monoisotopic (exact) mass is 641 g/mol. The maximum Gasteiger partial charge on any atom is 0.150 e. The largest absolute Gasteiger partial charge is 0.311 e. The smallest absolute Gasteiger partial charge is 0.150 e. The summed E-state index contributed by atoms with van der Waals surface area (Å²) in [5, 5.41) is 0. The van der Waals surface area contributed by atoms with Gasteiger partial charge in [-0.2, -0.15) is 0 Å². The van der Waals surface area contributed by atoms with Crippen molar-refractivity contribution in [3.63, 3.8) is 0 Å². The first-order valence-electron chi connectivity index (χ1n) is 15.2. The fourth-order valence-corrected chi connectivity index (χ4v) is 5.79. The van der Waals surface area contributed by atoms with E-state index in [-0.39, 0.29) is 0 Å². The molecule has 0 unspecified atom stereocenters. The van der Waals surface area contributed by atoms with E-state index in [1.54, 1.807) is 36.4 Å². The number of hydrogen-bond donors (Lipinski definition) is 0. The van der Waals surface area contributed by atoms with Gasteiger partial charge in [0.15, 0.2) is 0 Å². The minimum absolute atomic E-state index is 0.406. The Balaban J connectivity index is 1.42. The second-order valence-corrected chi connectivity index (χ2v) is 11.3. The normalized spacial score (nSPS) is 10.5. The SMILES string of the molecule is O=Cc1cc(C=O)cc(-c2ccc(N(c3ccc(-c4cc(C=O)cc(C=O)c4)cc3)c3ccc(-c4cc(C=O)cc(C=O)c4)cc3)cc2)c1. The van der Waals surface area contributed by atoms with Gasteiger partial charge in [-0.1, -0.05) is 36.4 Å². The molecule has 0 aliphatic carbocycles. The molecule has 7 nitrogen and oxygen atoms in total. The predicted molar refractivity (Wildman–Crippen MR) is 190 cm³/mol. The lowest BCUT2D eigenvalue weighted by molar-refractivity contribution is 0.111. The Morgan fingerprint density at radius 1 is 0.265 bits per heavy atom. The maximum atomic E-state index is 11.5. The minimum Gasteiger partial charge on any atom is -0.311 e. The summed E-state index contributed by atoms with van der Waals surface area (Å²) in [6.07, 6.45) is 4.27. The molecule has 0 atom stereocenters. The van der Waals surface area contributed by atoms with Crippen molar-refractivity contribution in [2.75, 3.05) is 4.90 Å². The number of anilines is 3. The molecule has 0 bridgehead atoms. The van der Waals surface area contributed by atoms with Gasteiger partial charge in [0.05, 0.1) is 0 Å². The Kier molecular flexibility index (Phi) is 9.35. The van der Waals surface area contributed by atoms with E-state index in [0.29, 0.717) is 71.1 Å². The topological polar surface area (TPSA) is 106 Å². The van der Waals surface area contributed by atoms with Crippen molar-refractivity contribution in [2.24, 2.45) is 0 Å². The molecule has 0 spiro atoms. The number of benzene rings is 6. The van der Waals surface area contributed by atoms with E-state index in [9.17, 15) is 28.8 Å². The average Bonchev–Trinajstić information content (AvgIpc) is 3.18. The molecule has 7 heteroatoms. The van der Waals surface area contributed by atoms with Crippen LogP contribution in [0.5, 0.6) is 0 Å². The molecule has 0 aliphatic rings. The lowest BCUT2D eigenvalue weighted by atomic mass is 9.98. The molecule has 0 saturated heterocycles. The van der Waals surface area contributed by atoms with Gasteiger partial charge in [0.1, 0.15) is 37.7 Å². The number of carbonyl (C=O) groups is 6. The zero-order chi connectivity index (χ0) is 34.3. The van der Waals surface area contributed by atoms with E-state index < -0.39 is 0 Å². The van der Waals surface area contributed by atoms with E-state index in [1.807, 2.05) is 77.7 Å². The Hall–Kier alpha value is -6.86. The average molecular weight is 642 g/mol. The summed E-state index contributed by atoms with van der Waals surface area (Å²) in [5.41, 5.74) is 9.57. The van der Waals surface area contributed by atoms with Crippen molar-refractivity contribution < 1.29 is 28.8 Å². The standard InChI is InChI=1S/C42H27NO6/c44-22-28-13-29(23-45)17-37(16-28)34-1-7-40(8-2-34)43(41-9-3-35(4-10-41)38-18-30(24-46)14-31(19-38)25-47)42-11-5-36(6-12-42)39-20-32(26-48)15-33(21-39)27-49/h1-27H. The van der Waals surface area contributed by atoms with Gasteiger partial charge >= 0.3 is 0 Å². The third kappa shape index (κ3) is 6.96. The summed E-state index contributed by atoms with van der Waals surface area (Å²) in [7, 11) is 0. The molecular weight excluding hydrogens is 614 g/mol. The van der Waals surface area contributed by atoms with Crippen LogP contribution in [-0.4, -0.2) is 37.7 Å². The quantitative estimate of drug-likeness (QED) is 0.123. The van der Waals surface area contributed by atoms with Crippen molar-refractivity contribution in [1.82, 2.24) is 0 Å². The molecule has 0 aliphatic heterocycles. The van der Waals surface area contributed by atoms with Crippen LogP contribution in [0.4, 0.5) is 17.1 Å². The number of rotatable bonds is 12. The first-order valence-corrected chi connectivity index (χ1v) is 15.2. The van der Waals surface area contributed by atoms with Gasteiger partial charge in [0, 0.05) is 50.4 Å². The Bertz CT molecular complexity index is 1890. The van der Waals surface area contributed by atoms with Gasteiger partial charge in [-0.15, -0.1) is 0 Å². The van der Waals surface area contributed by atoms with Crippen molar-refractivity contribution in [2.45, 2.75) is 0 Å². The summed E-state index contributed by atoms with van der Waals surface area (Å²) in [4.78, 5) is 71.0. The summed E-state index contributed by atoms with van der Waals surface area (Å²) in [5.74, 6) is 0. The molecule has 0 radical (unpaired) electrons. The van der Waals surface area contributed by atoms with Crippen molar-refractivity contribution in [1.29, 1.82) is 0 Å². The molecule has 6 aromatic carbocycles. The van der Waals surface area contributed by atoms with E-state index in [2.05, 4.69) is 0 Å². The van der Waals surface area contributed by atoms with Crippen LogP contribution in [0.2, 0.25) is 0 Å². The summed E-state index contributed by atoms with van der Waals surface area (Å²) in [6.45, 7) is 0. The Labute approximate surface area is 282 Å². The van der Waals surface area contributed by atoms with Gasteiger partial charge in [-0.3, -0.25) is 28.8 Å². The van der Waals surface area contributed by atoms with Gasteiger partial charge in [0.2, 0.25) is 0 Å². The molecule has 0 N–H and O–H groups in total. The van der Waals surface area contributed by atoms with Crippen LogP contribution >= 0.6 is 0 Å². The molecule has 6 rings (SSSR count). The Morgan fingerprint density at radius 2 is 0.469 bits per heavy atom. The maximum absolute atomic E-state index is 11.5. The van der Waals surface area contributed by atoms with Crippen LogP contribution in [0.1, 0.15) is 62.1 Å². The number of hydrogen-bond acceptors (Lipinski definition) is 7. The molecular formula is C42H27NO6. The second-order valence-electron chi connectivity index (χ2n) is 11.3. The molecule has 49 heavy (non-hydrogen) atoms. The number of nitrogens with zero attached hydrogens (tertiary/aromatic N) is 1. The summed E-state index contributed by atoms with van der Waals surface area (Å²) >= 11 is 0. The lowest BCUT2D eigenvalue weighted by Gasteiger charge is -2.26. The Morgan fingerprint density at radius 3 is 0.653 bits per heavy atom. The van der Waals surface area contributed by atoms with Crippen LogP contribution in [0.15, 0.2) is 127 Å². The van der Waals surface area contributed by atoms with Crippen molar-refractivity contribution in [3.8, 4) is 33.4 Å². The van der Waals surface area contributed by atoms with E-state index in [1.165, 1.54) is 18.2 Å². The van der Waals surface area contributed by atoms with Crippen molar-refractivity contribution in [3.05, 3.63) is 161 Å². The predicted octanol–water partition coefficient (Wildman–Crippen LogP) is 9.03. The van der Waals surface area contributed by atoms with E-state index >= 15 is 0 Å². The van der Waals surface area contributed by atoms with E-state index in [0.717, 1.165) is 50.4 Å². The first kappa shape index (κ1) is 32.1. The summed E-state index contributed by atoms with van der Waals surface area (Å²) < 4.78 is 0. The number of carbonyl (C=O) groups excluding carboxylic acids is 6. The second kappa shape index (κ2) is 14.3. The summed E-state index contributed by atoms with van der Waals surface area (Å²) in [6, 6.07) is 38.2. The third-order valence-corrected chi connectivity index (χ3v) is 8.13. The number of aldehydes is 6. The fraction of sp³-hybridized carbons (Fsp3) is 0. The molecule has 0 saturated carbocycles. The van der Waals surface area contributed by atoms with Gasteiger partial charge < -0.3 is 4.90 Å². The molecule has 6 aromatic rings. The highest BCUT2D eigenvalue weighted by Crippen LogP contribution is 2.38. The molecule has 0 amide bonds. The highest BCUT2D eigenvalue weighted by Gasteiger charge is 2.15. The molecule has 0 aromatic heterocycles. The van der Waals surface area contributed by atoms with E-state index in [4.69, 9.17) is 0 Å². The zero-order valence-electron chi connectivity index (χ0n) is 26.0. The van der Waals surface area contributed by atoms with Crippen LogP contribution in [0, 0.1) is 0 Å². The van der Waals surface area contributed by atoms with Crippen LogP contribution < -0.4 is 4.90 Å². The highest BCUT2D eigenvalue weighted by molar-refractivity contribution is 5.90. The molecule has 0 heterocycles. The van der Waals surface area contributed by atoms with Crippen molar-refractivity contribution >= 4 is 54.8 Å². The third-order valence-electron chi connectivity index (χ3n) is 8.13. The van der Waals surface area contributed by atoms with Gasteiger partial charge in [-0.05, 0) is 124 Å². The van der Waals surface area contributed by atoms with Crippen LogP contribution in [0.3, 0.4) is 0 Å². The molecule has 236 valence electrons. The minimum atomic E-state index is 0.406.